The van der Waals surface area contributed by atoms with E-state index in [0.29, 0.717) is 6.42 Å². The number of hydrogen-bond donors (Lipinski definition) is 3. The van der Waals surface area contributed by atoms with Gasteiger partial charge in [0.25, 0.3) is 0 Å². The number of carboxylic acids is 1. The van der Waals surface area contributed by atoms with Crippen molar-refractivity contribution in [1.29, 1.82) is 0 Å². The quantitative estimate of drug-likeness (QED) is 0.540. The Bertz CT molecular complexity index is 1020. The predicted molar refractivity (Wildman–Crippen MR) is 128 cm³/mol. The summed E-state index contributed by atoms with van der Waals surface area (Å²) in [6.45, 7) is 3.80. The highest BCUT2D eigenvalue weighted by atomic mass is 16.5. The van der Waals surface area contributed by atoms with E-state index in [0.717, 1.165) is 12.8 Å². The van der Waals surface area contributed by atoms with E-state index >= 15 is 0 Å². The Labute approximate surface area is 199 Å². The van der Waals surface area contributed by atoms with Crippen LogP contribution in [-0.2, 0) is 14.3 Å². The largest absolute Gasteiger partial charge is 0.480 e. The lowest BCUT2D eigenvalue weighted by Gasteiger charge is -2.19. The van der Waals surface area contributed by atoms with Crippen molar-refractivity contribution in [3.8, 4) is 11.1 Å². The van der Waals surface area contributed by atoms with Crippen LogP contribution in [0.3, 0.4) is 0 Å². The van der Waals surface area contributed by atoms with Crippen molar-refractivity contribution in [3.05, 3.63) is 59.7 Å². The smallest absolute Gasteiger partial charge is 0.407 e. The molecular weight excluding hydrogens is 432 g/mol. The minimum absolute atomic E-state index is 0.0151. The van der Waals surface area contributed by atoms with Gasteiger partial charge in [0.15, 0.2) is 0 Å². The number of amides is 2. The molecular formula is C27H32N2O5. The van der Waals surface area contributed by atoms with Gasteiger partial charge in [0.1, 0.15) is 12.6 Å². The van der Waals surface area contributed by atoms with Gasteiger partial charge < -0.3 is 20.5 Å². The van der Waals surface area contributed by atoms with Crippen LogP contribution in [0.1, 0.15) is 56.6 Å². The molecule has 0 spiro atoms. The maximum atomic E-state index is 12.5. The minimum Gasteiger partial charge on any atom is -0.480 e. The van der Waals surface area contributed by atoms with E-state index in [-0.39, 0.29) is 42.7 Å². The fourth-order valence-corrected chi connectivity index (χ4v) is 5.21. The van der Waals surface area contributed by atoms with Crippen molar-refractivity contribution in [3.63, 3.8) is 0 Å². The second-order valence-electron chi connectivity index (χ2n) is 9.68. The number of nitrogens with one attached hydrogen (secondary N) is 2. The first-order valence-corrected chi connectivity index (χ1v) is 12.0. The molecule has 2 aromatic carbocycles. The van der Waals surface area contributed by atoms with Crippen LogP contribution in [0.2, 0.25) is 0 Å². The number of carboxylic acid groups (broad SMARTS) is 1. The molecule has 0 unspecified atom stereocenters. The van der Waals surface area contributed by atoms with Gasteiger partial charge in [-0.05, 0) is 53.4 Å². The van der Waals surface area contributed by atoms with Gasteiger partial charge in [-0.3, -0.25) is 4.79 Å². The van der Waals surface area contributed by atoms with Crippen LogP contribution in [0.25, 0.3) is 11.1 Å². The molecule has 3 atom stereocenters. The van der Waals surface area contributed by atoms with Crippen LogP contribution >= 0.6 is 0 Å². The summed E-state index contributed by atoms with van der Waals surface area (Å²) in [5.41, 5.74) is 4.72. The van der Waals surface area contributed by atoms with Crippen molar-refractivity contribution < 1.29 is 24.2 Å². The van der Waals surface area contributed by atoms with Crippen LogP contribution in [0.15, 0.2) is 48.5 Å². The lowest BCUT2D eigenvalue weighted by Crippen LogP contribution is -2.44. The summed E-state index contributed by atoms with van der Waals surface area (Å²) < 4.78 is 5.63. The molecule has 2 aliphatic rings. The van der Waals surface area contributed by atoms with E-state index in [9.17, 15) is 19.5 Å². The van der Waals surface area contributed by atoms with Crippen LogP contribution < -0.4 is 10.6 Å². The molecule has 2 aromatic rings. The van der Waals surface area contributed by atoms with Crippen molar-refractivity contribution in [2.24, 2.45) is 11.8 Å². The van der Waals surface area contributed by atoms with Crippen molar-refractivity contribution in [2.45, 2.75) is 57.5 Å². The van der Waals surface area contributed by atoms with E-state index in [1.54, 1.807) is 13.8 Å². The lowest BCUT2D eigenvalue weighted by atomic mass is 9.98. The summed E-state index contributed by atoms with van der Waals surface area (Å²) in [6.07, 6.45) is 2.08. The first kappa shape index (κ1) is 23.8. The molecule has 2 amide bonds. The Morgan fingerprint density at radius 1 is 1.00 bits per heavy atom. The molecule has 0 bridgehead atoms. The first-order chi connectivity index (χ1) is 16.3. The zero-order chi connectivity index (χ0) is 24.2. The van der Waals surface area contributed by atoms with Crippen molar-refractivity contribution in [2.75, 3.05) is 6.61 Å². The van der Waals surface area contributed by atoms with Crippen molar-refractivity contribution >= 4 is 18.0 Å². The van der Waals surface area contributed by atoms with E-state index in [4.69, 9.17) is 4.74 Å². The summed E-state index contributed by atoms with van der Waals surface area (Å²) in [4.78, 5) is 36.1. The van der Waals surface area contributed by atoms with Crippen LogP contribution in [-0.4, -0.2) is 41.8 Å². The topological polar surface area (TPSA) is 105 Å². The summed E-state index contributed by atoms with van der Waals surface area (Å²) in [5, 5.41) is 14.8. The van der Waals surface area contributed by atoms with Gasteiger partial charge in [0.05, 0.1) is 0 Å². The van der Waals surface area contributed by atoms with Crippen LogP contribution in [0, 0.1) is 11.8 Å². The Balaban J connectivity index is 1.26. The third kappa shape index (κ3) is 5.24. The van der Waals surface area contributed by atoms with Crippen LogP contribution in [0.5, 0.6) is 0 Å². The third-order valence-corrected chi connectivity index (χ3v) is 6.93. The highest BCUT2D eigenvalue weighted by Gasteiger charge is 2.32. The zero-order valence-electron chi connectivity index (χ0n) is 19.6. The maximum absolute atomic E-state index is 12.5. The second kappa shape index (κ2) is 10.3. The van der Waals surface area contributed by atoms with Gasteiger partial charge in [-0.2, -0.15) is 0 Å². The van der Waals surface area contributed by atoms with Gasteiger partial charge in [-0.15, -0.1) is 0 Å². The normalized spacial score (nSPS) is 19.9. The number of carbonyl (C=O) groups excluding carboxylic acids is 2. The molecule has 34 heavy (non-hydrogen) atoms. The molecule has 7 nitrogen and oxygen atoms in total. The Morgan fingerprint density at radius 2 is 1.62 bits per heavy atom. The van der Waals surface area contributed by atoms with Gasteiger partial charge in [0, 0.05) is 18.4 Å². The molecule has 7 heteroatoms. The molecule has 4 rings (SSSR count). The molecule has 1 saturated carbocycles. The molecule has 0 aromatic heterocycles. The molecule has 3 N–H and O–H groups in total. The Kier molecular flexibility index (Phi) is 7.20. The van der Waals surface area contributed by atoms with Crippen molar-refractivity contribution in [1.82, 2.24) is 10.6 Å². The van der Waals surface area contributed by atoms with Crippen LogP contribution in [0.4, 0.5) is 4.79 Å². The molecule has 180 valence electrons. The average molecular weight is 465 g/mol. The number of aliphatic carboxylic acids is 1. The second-order valence-corrected chi connectivity index (χ2v) is 9.68. The number of ether oxygens (including phenoxy) is 1. The number of benzene rings is 2. The summed E-state index contributed by atoms with van der Waals surface area (Å²) in [7, 11) is 0. The summed E-state index contributed by atoms with van der Waals surface area (Å²) in [6, 6.07) is 15.5. The average Bonchev–Trinajstić information content (AvgIpc) is 3.37. The summed E-state index contributed by atoms with van der Waals surface area (Å²) >= 11 is 0. The SMILES string of the molecule is CC(C)[C@@H](NC(=O)C[C@H]1CC[C@@H](NC(=O)OCC2c3ccccc3-c3ccccc32)C1)C(=O)O. The molecule has 0 saturated heterocycles. The molecule has 0 heterocycles. The number of carbonyl (C=O) groups is 3. The number of hydrogen-bond acceptors (Lipinski definition) is 4. The standard InChI is InChI=1S/C27H32N2O5/c1-16(2)25(26(31)32)29-24(30)14-17-11-12-18(13-17)28-27(33)34-15-23-21-9-5-3-7-19(21)20-8-4-6-10-22(20)23/h3-10,16-18,23,25H,11-15H2,1-2H3,(H,28,33)(H,29,30)(H,31,32)/t17-,18+,25+/m0/s1. The third-order valence-electron chi connectivity index (χ3n) is 6.93. The number of fused-ring (bicyclic) bond motifs is 3. The lowest BCUT2D eigenvalue weighted by molar-refractivity contribution is -0.143. The fraction of sp³-hybridized carbons (Fsp3) is 0.444. The summed E-state index contributed by atoms with van der Waals surface area (Å²) in [5.74, 6) is -1.34. The van der Waals surface area contributed by atoms with Gasteiger partial charge in [0.2, 0.25) is 5.91 Å². The van der Waals surface area contributed by atoms with E-state index < -0.39 is 18.1 Å². The molecule has 1 fully saturated rings. The zero-order valence-corrected chi connectivity index (χ0v) is 19.6. The highest BCUT2D eigenvalue weighted by molar-refractivity contribution is 5.84. The van der Waals surface area contributed by atoms with Gasteiger partial charge in [-0.1, -0.05) is 62.4 Å². The van der Waals surface area contributed by atoms with E-state index in [2.05, 4.69) is 34.9 Å². The van der Waals surface area contributed by atoms with Gasteiger partial charge in [-0.25, -0.2) is 9.59 Å². The predicted octanol–water partition coefficient (Wildman–Crippen LogP) is 4.31. The van der Waals surface area contributed by atoms with Gasteiger partial charge >= 0.3 is 12.1 Å². The molecule has 0 radical (unpaired) electrons. The van der Waals surface area contributed by atoms with E-state index in [1.165, 1.54) is 22.3 Å². The molecule has 0 aliphatic heterocycles. The highest BCUT2D eigenvalue weighted by Crippen LogP contribution is 2.44. The monoisotopic (exact) mass is 464 g/mol. The fourth-order valence-electron chi connectivity index (χ4n) is 5.21. The first-order valence-electron chi connectivity index (χ1n) is 12.0. The Morgan fingerprint density at radius 3 is 2.21 bits per heavy atom. The Hall–Kier alpha value is -3.35. The number of alkyl carbamates (subject to hydrolysis) is 1. The minimum atomic E-state index is -1.02. The maximum Gasteiger partial charge on any atom is 0.407 e. The number of rotatable bonds is 8. The molecule has 2 aliphatic carbocycles. The van der Waals surface area contributed by atoms with E-state index in [1.807, 2.05) is 24.3 Å².